The molecular formula is C31H25F2NO4. The van der Waals surface area contributed by atoms with Crippen molar-refractivity contribution in [2.45, 2.75) is 25.0 Å². The van der Waals surface area contributed by atoms with E-state index in [9.17, 15) is 28.6 Å². The average molecular weight is 514 g/mol. The predicted molar refractivity (Wildman–Crippen MR) is 140 cm³/mol. The van der Waals surface area contributed by atoms with Crippen molar-refractivity contribution in [3.8, 4) is 16.9 Å². The predicted octanol–water partition coefficient (Wildman–Crippen LogP) is 6.37. The molecule has 0 aliphatic carbocycles. The summed E-state index contributed by atoms with van der Waals surface area (Å²) in [6, 6.07) is 22.9. The number of anilines is 1. The van der Waals surface area contributed by atoms with Crippen LogP contribution < -0.4 is 4.90 Å². The fourth-order valence-electron chi connectivity index (χ4n) is 5.05. The summed E-state index contributed by atoms with van der Waals surface area (Å²) in [5.74, 6) is -1.31. The number of carbonyl (C=O) groups excluding carboxylic acids is 2. The third kappa shape index (κ3) is 4.93. The zero-order valence-corrected chi connectivity index (χ0v) is 20.3. The summed E-state index contributed by atoms with van der Waals surface area (Å²) >= 11 is 0. The van der Waals surface area contributed by atoms with E-state index in [1.807, 2.05) is 24.3 Å². The van der Waals surface area contributed by atoms with Gasteiger partial charge in [-0.25, -0.2) is 8.78 Å². The number of hydrogen-bond donors (Lipinski definition) is 2. The molecule has 0 radical (unpaired) electrons. The molecule has 1 aliphatic heterocycles. The van der Waals surface area contributed by atoms with Crippen molar-refractivity contribution < 1.29 is 28.6 Å². The van der Waals surface area contributed by atoms with Gasteiger partial charge in [0.25, 0.3) is 0 Å². The molecule has 1 heterocycles. The number of hydrogen-bond acceptors (Lipinski definition) is 4. The minimum Gasteiger partial charge on any atom is -0.508 e. The zero-order valence-electron chi connectivity index (χ0n) is 20.3. The van der Waals surface area contributed by atoms with Crippen molar-refractivity contribution in [2.75, 3.05) is 4.90 Å². The monoisotopic (exact) mass is 513 g/mol. The second-order valence-electron chi connectivity index (χ2n) is 9.39. The van der Waals surface area contributed by atoms with E-state index < -0.39 is 17.8 Å². The Hall–Kier alpha value is -4.36. The second-order valence-corrected chi connectivity index (χ2v) is 9.39. The number of phenols is 1. The normalized spacial score (nSPS) is 17.7. The van der Waals surface area contributed by atoms with Crippen molar-refractivity contribution in [3.05, 3.63) is 119 Å². The number of β-lactam (4-membered cyclic amide) rings is 1. The molecule has 7 heteroatoms. The maximum atomic E-state index is 13.6. The molecule has 5 rings (SSSR count). The van der Waals surface area contributed by atoms with Crippen LogP contribution in [0.25, 0.3) is 11.1 Å². The highest BCUT2D eigenvalue weighted by atomic mass is 19.1. The molecular weight excluding hydrogens is 488 g/mol. The number of aldehydes is 1. The molecule has 0 saturated carbocycles. The molecule has 38 heavy (non-hydrogen) atoms. The smallest absolute Gasteiger partial charge is 0.233 e. The Morgan fingerprint density at radius 3 is 2.13 bits per heavy atom. The van der Waals surface area contributed by atoms with E-state index in [0.717, 1.165) is 17.4 Å². The Morgan fingerprint density at radius 1 is 0.868 bits per heavy atom. The number of carbonyl (C=O) groups is 2. The molecule has 1 fully saturated rings. The number of aromatic hydroxyl groups is 1. The van der Waals surface area contributed by atoms with E-state index in [-0.39, 0.29) is 23.5 Å². The summed E-state index contributed by atoms with van der Waals surface area (Å²) in [5.41, 5.74) is 3.74. The van der Waals surface area contributed by atoms with Crippen LogP contribution >= 0.6 is 0 Å². The molecule has 1 saturated heterocycles. The lowest BCUT2D eigenvalue weighted by atomic mass is 9.78. The van der Waals surface area contributed by atoms with E-state index in [1.165, 1.54) is 48.5 Å². The van der Waals surface area contributed by atoms with Gasteiger partial charge in [-0.05, 0) is 89.7 Å². The molecule has 4 aromatic rings. The van der Waals surface area contributed by atoms with Crippen molar-refractivity contribution in [1.29, 1.82) is 0 Å². The SMILES string of the molecule is O=Cc1ccc(O)cc1-c1ccc(C2C(CCC(O)c3ccc(F)cc3)C(=O)N2c2ccc(F)cc2)cc1. The van der Waals surface area contributed by atoms with Gasteiger partial charge < -0.3 is 15.1 Å². The number of phenolic OH excluding ortho intramolecular Hbond substituents is 1. The van der Waals surface area contributed by atoms with Gasteiger partial charge in [0, 0.05) is 11.3 Å². The summed E-state index contributed by atoms with van der Waals surface area (Å²) in [5, 5.41) is 20.5. The summed E-state index contributed by atoms with van der Waals surface area (Å²) in [6.45, 7) is 0. The molecule has 0 bridgehead atoms. The number of halogens is 2. The highest BCUT2D eigenvalue weighted by Gasteiger charge is 2.48. The standard InChI is InChI=1S/C31H25F2NO4/c32-23-8-5-20(6-9-23)29(37)16-15-27-30(34(31(27)38)25-12-10-24(33)11-13-25)21-3-1-19(2-4-21)28-17-26(36)14-7-22(28)18-35/h1-14,17-18,27,29-30,36-37H,15-16H2. The van der Waals surface area contributed by atoms with E-state index in [2.05, 4.69) is 0 Å². The lowest BCUT2D eigenvalue weighted by molar-refractivity contribution is -0.131. The molecule has 0 aromatic heterocycles. The van der Waals surface area contributed by atoms with E-state index in [0.29, 0.717) is 35.2 Å². The Bertz CT molecular complexity index is 1450. The van der Waals surface area contributed by atoms with E-state index in [4.69, 9.17) is 0 Å². The average Bonchev–Trinajstić information content (AvgIpc) is 2.93. The first-order valence-corrected chi connectivity index (χ1v) is 12.3. The Morgan fingerprint density at radius 2 is 1.50 bits per heavy atom. The van der Waals surface area contributed by atoms with Crippen LogP contribution in [0.3, 0.4) is 0 Å². The fraction of sp³-hybridized carbons (Fsp3) is 0.161. The Labute approximate surface area is 218 Å². The van der Waals surface area contributed by atoms with Gasteiger partial charge in [-0.2, -0.15) is 0 Å². The zero-order chi connectivity index (χ0) is 26.8. The highest BCUT2D eigenvalue weighted by Crippen LogP contribution is 2.46. The lowest BCUT2D eigenvalue weighted by Crippen LogP contribution is -2.55. The lowest BCUT2D eigenvalue weighted by Gasteiger charge is -2.48. The third-order valence-electron chi connectivity index (χ3n) is 7.05. The van der Waals surface area contributed by atoms with Gasteiger partial charge in [0.15, 0.2) is 6.29 Å². The maximum Gasteiger partial charge on any atom is 0.233 e. The molecule has 1 aliphatic rings. The summed E-state index contributed by atoms with van der Waals surface area (Å²) < 4.78 is 26.8. The number of aliphatic hydroxyl groups excluding tert-OH is 1. The molecule has 0 spiro atoms. The fourth-order valence-corrected chi connectivity index (χ4v) is 5.05. The Kier molecular flexibility index (Phi) is 7.03. The van der Waals surface area contributed by atoms with Crippen LogP contribution in [0, 0.1) is 17.6 Å². The van der Waals surface area contributed by atoms with Gasteiger partial charge in [0.05, 0.1) is 18.1 Å². The third-order valence-corrected chi connectivity index (χ3v) is 7.05. The minimum absolute atomic E-state index is 0.0431. The summed E-state index contributed by atoms with van der Waals surface area (Å²) in [4.78, 5) is 26.4. The minimum atomic E-state index is -0.848. The number of rotatable bonds is 8. The van der Waals surface area contributed by atoms with Crippen LogP contribution in [-0.4, -0.2) is 22.4 Å². The van der Waals surface area contributed by atoms with Gasteiger partial charge in [-0.1, -0.05) is 36.4 Å². The van der Waals surface area contributed by atoms with Gasteiger partial charge in [0.1, 0.15) is 17.4 Å². The first-order chi connectivity index (χ1) is 18.4. The van der Waals surface area contributed by atoms with Crippen LogP contribution in [-0.2, 0) is 4.79 Å². The topological polar surface area (TPSA) is 77.8 Å². The quantitative estimate of drug-likeness (QED) is 0.212. The van der Waals surface area contributed by atoms with Crippen LogP contribution in [0.4, 0.5) is 14.5 Å². The first kappa shape index (κ1) is 25.3. The summed E-state index contributed by atoms with van der Waals surface area (Å²) in [6.07, 6.45) is 0.577. The first-order valence-electron chi connectivity index (χ1n) is 12.3. The largest absolute Gasteiger partial charge is 0.508 e. The van der Waals surface area contributed by atoms with Gasteiger partial charge >= 0.3 is 0 Å². The van der Waals surface area contributed by atoms with E-state index in [1.54, 1.807) is 23.1 Å². The van der Waals surface area contributed by atoms with E-state index >= 15 is 0 Å². The van der Waals surface area contributed by atoms with Crippen LogP contribution in [0.15, 0.2) is 91.0 Å². The van der Waals surface area contributed by atoms with Gasteiger partial charge in [-0.15, -0.1) is 0 Å². The van der Waals surface area contributed by atoms with Crippen molar-refractivity contribution in [1.82, 2.24) is 0 Å². The van der Waals surface area contributed by atoms with Crippen molar-refractivity contribution >= 4 is 17.9 Å². The molecule has 4 aromatic carbocycles. The molecule has 2 N–H and O–H groups in total. The molecule has 192 valence electrons. The second kappa shape index (κ2) is 10.6. The molecule has 3 unspecified atom stereocenters. The van der Waals surface area contributed by atoms with Crippen molar-refractivity contribution in [3.63, 3.8) is 0 Å². The molecule has 1 amide bonds. The number of nitrogens with zero attached hydrogens (tertiary/aromatic N) is 1. The van der Waals surface area contributed by atoms with Crippen molar-refractivity contribution in [2.24, 2.45) is 5.92 Å². The van der Waals surface area contributed by atoms with Crippen LogP contribution in [0.2, 0.25) is 0 Å². The van der Waals surface area contributed by atoms with Gasteiger partial charge in [-0.3, -0.25) is 9.59 Å². The van der Waals surface area contributed by atoms with Gasteiger partial charge in [0.2, 0.25) is 5.91 Å². The maximum absolute atomic E-state index is 13.6. The summed E-state index contributed by atoms with van der Waals surface area (Å²) in [7, 11) is 0. The number of amides is 1. The molecule has 5 nitrogen and oxygen atoms in total. The number of benzene rings is 4. The molecule has 3 atom stereocenters. The highest BCUT2D eigenvalue weighted by molar-refractivity contribution is 6.03. The van der Waals surface area contributed by atoms with Crippen LogP contribution in [0.1, 0.15) is 46.5 Å². The van der Waals surface area contributed by atoms with Crippen LogP contribution in [0.5, 0.6) is 5.75 Å². The number of aliphatic hydroxyl groups is 1. The Balaban J connectivity index is 1.42.